The number of pyridine rings is 1. The molecule has 0 saturated carbocycles. The third kappa shape index (κ3) is 3.45. The smallest absolute Gasteiger partial charge is 0.320 e. The molecule has 2 amide bonds. The highest BCUT2D eigenvalue weighted by Gasteiger charge is 2.21. The normalized spacial score (nSPS) is 15.3. The topological polar surface area (TPSA) is 109 Å². The van der Waals surface area contributed by atoms with E-state index in [0.717, 1.165) is 12.1 Å². The number of aliphatic carboxylic acids is 1. The minimum atomic E-state index is -1.06. The molecule has 0 aliphatic carbocycles. The van der Waals surface area contributed by atoms with Gasteiger partial charge in [0.05, 0.1) is 12.2 Å². The highest BCUT2D eigenvalue weighted by atomic mass is 16.4. The number of nitrogens with zero attached hydrogens (tertiary/aromatic N) is 2. The summed E-state index contributed by atoms with van der Waals surface area (Å²) in [5, 5.41) is 11.3. The Bertz CT molecular complexity index is 506. The third-order valence-electron chi connectivity index (χ3n) is 3.31. The number of aromatic nitrogens is 1. The first-order chi connectivity index (χ1) is 9.58. The van der Waals surface area contributed by atoms with E-state index in [4.69, 9.17) is 10.8 Å². The Kier molecular flexibility index (Phi) is 4.52. The van der Waals surface area contributed by atoms with Crippen LogP contribution in [0.5, 0.6) is 0 Å². The van der Waals surface area contributed by atoms with E-state index in [-0.39, 0.29) is 19.0 Å². The number of nitrogens with two attached hydrogens (primary N) is 1. The van der Waals surface area contributed by atoms with Gasteiger partial charge in [0.2, 0.25) is 0 Å². The lowest BCUT2D eigenvalue weighted by molar-refractivity contribution is -0.138. The van der Waals surface area contributed by atoms with Crippen LogP contribution in [0.4, 0.5) is 4.79 Å². The molecule has 108 valence electrons. The molecule has 1 aliphatic rings. The summed E-state index contributed by atoms with van der Waals surface area (Å²) < 4.78 is 0. The maximum absolute atomic E-state index is 12.0. The van der Waals surface area contributed by atoms with E-state index in [1.54, 1.807) is 11.1 Å². The lowest BCUT2D eigenvalue weighted by atomic mass is 10.1. The summed E-state index contributed by atoms with van der Waals surface area (Å²) in [6.45, 7) is 1.36. The van der Waals surface area contributed by atoms with E-state index >= 15 is 0 Å². The van der Waals surface area contributed by atoms with Crippen molar-refractivity contribution in [2.45, 2.75) is 25.4 Å². The summed E-state index contributed by atoms with van der Waals surface area (Å²) in [6, 6.07) is 2.75. The zero-order valence-electron chi connectivity index (χ0n) is 11.1. The van der Waals surface area contributed by atoms with Crippen molar-refractivity contribution < 1.29 is 14.7 Å². The Morgan fingerprint density at radius 3 is 3.10 bits per heavy atom. The molecule has 20 heavy (non-hydrogen) atoms. The Morgan fingerprint density at radius 2 is 2.35 bits per heavy atom. The van der Waals surface area contributed by atoms with Crippen LogP contribution in [0, 0.1) is 0 Å². The van der Waals surface area contributed by atoms with Crippen molar-refractivity contribution in [1.29, 1.82) is 0 Å². The molecule has 1 aromatic heterocycles. The van der Waals surface area contributed by atoms with Crippen molar-refractivity contribution in [2.75, 3.05) is 13.1 Å². The largest absolute Gasteiger partial charge is 0.480 e. The Balaban J connectivity index is 1.81. The molecule has 0 saturated heterocycles. The van der Waals surface area contributed by atoms with Crippen LogP contribution >= 0.6 is 0 Å². The van der Waals surface area contributed by atoms with Crippen LogP contribution < -0.4 is 11.1 Å². The highest BCUT2D eigenvalue weighted by molar-refractivity contribution is 5.75. The number of nitrogens with one attached hydrogen (secondary N) is 1. The molecule has 1 atom stereocenters. The van der Waals surface area contributed by atoms with E-state index in [1.165, 1.54) is 5.56 Å². The number of hydrogen-bond acceptors (Lipinski definition) is 4. The molecule has 0 radical (unpaired) electrons. The van der Waals surface area contributed by atoms with Crippen LogP contribution in [0.1, 0.15) is 17.7 Å². The van der Waals surface area contributed by atoms with Gasteiger partial charge in [0.15, 0.2) is 0 Å². The monoisotopic (exact) mass is 278 g/mol. The second kappa shape index (κ2) is 6.33. The standard InChI is InChI=1S/C13H18N4O3/c14-10(12(18)19)3-6-16-13(20)17-7-4-9-2-1-5-15-11(9)8-17/h1-2,5,10H,3-4,6-8,14H2,(H,16,20)(H,18,19). The van der Waals surface area contributed by atoms with Gasteiger partial charge in [0.25, 0.3) is 0 Å². The first kappa shape index (κ1) is 14.3. The van der Waals surface area contributed by atoms with Crippen LogP contribution in [-0.4, -0.2) is 46.1 Å². The lowest BCUT2D eigenvalue weighted by Crippen LogP contribution is -2.44. The molecule has 7 nitrogen and oxygen atoms in total. The fourth-order valence-electron chi connectivity index (χ4n) is 2.10. The van der Waals surface area contributed by atoms with Gasteiger partial charge in [-0.3, -0.25) is 9.78 Å². The molecule has 0 bridgehead atoms. The minimum absolute atomic E-state index is 0.209. The number of rotatable bonds is 4. The fraction of sp³-hybridized carbons (Fsp3) is 0.462. The van der Waals surface area contributed by atoms with E-state index in [0.29, 0.717) is 13.1 Å². The maximum atomic E-state index is 12.0. The first-order valence-corrected chi connectivity index (χ1v) is 6.52. The number of amides is 2. The average molecular weight is 278 g/mol. The SMILES string of the molecule is NC(CCNC(=O)N1CCc2cccnc2C1)C(=O)O. The molecular formula is C13H18N4O3. The van der Waals surface area contributed by atoms with Crippen molar-refractivity contribution in [1.82, 2.24) is 15.2 Å². The van der Waals surface area contributed by atoms with Gasteiger partial charge < -0.3 is 21.1 Å². The number of carboxylic acid groups (broad SMARTS) is 1. The fourth-order valence-corrected chi connectivity index (χ4v) is 2.10. The summed E-state index contributed by atoms with van der Waals surface area (Å²) >= 11 is 0. The van der Waals surface area contributed by atoms with E-state index in [2.05, 4.69) is 10.3 Å². The van der Waals surface area contributed by atoms with Crippen molar-refractivity contribution in [3.8, 4) is 0 Å². The number of urea groups is 1. The molecule has 4 N–H and O–H groups in total. The number of fused-ring (bicyclic) bond motifs is 1. The molecule has 2 heterocycles. The third-order valence-corrected chi connectivity index (χ3v) is 3.31. The quantitative estimate of drug-likeness (QED) is 0.715. The van der Waals surface area contributed by atoms with Gasteiger partial charge >= 0.3 is 12.0 Å². The van der Waals surface area contributed by atoms with Crippen LogP contribution in [-0.2, 0) is 17.8 Å². The first-order valence-electron chi connectivity index (χ1n) is 6.52. The van der Waals surface area contributed by atoms with E-state index in [1.807, 2.05) is 12.1 Å². The predicted octanol–water partition coefficient (Wildman–Crippen LogP) is -0.0487. The summed E-state index contributed by atoms with van der Waals surface area (Å²) in [5.41, 5.74) is 7.45. The van der Waals surface area contributed by atoms with Gasteiger partial charge in [-0.25, -0.2) is 4.79 Å². The van der Waals surface area contributed by atoms with Crippen LogP contribution in [0.2, 0.25) is 0 Å². The average Bonchev–Trinajstić information content (AvgIpc) is 2.46. The highest BCUT2D eigenvalue weighted by Crippen LogP contribution is 2.15. The molecule has 1 unspecified atom stereocenters. The molecule has 2 rings (SSSR count). The van der Waals surface area contributed by atoms with E-state index in [9.17, 15) is 9.59 Å². The van der Waals surface area contributed by atoms with Gasteiger partial charge in [0, 0.05) is 19.3 Å². The molecule has 0 aromatic carbocycles. The second-order valence-corrected chi connectivity index (χ2v) is 4.75. The number of carbonyl (C=O) groups is 2. The van der Waals surface area contributed by atoms with Gasteiger partial charge in [-0.1, -0.05) is 6.07 Å². The maximum Gasteiger partial charge on any atom is 0.320 e. The predicted molar refractivity (Wildman–Crippen MR) is 72.0 cm³/mol. The van der Waals surface area contributed by atoms with Crippen molar-refractivity contribution in [2.24, 2.45) is 5.73 Å². The van der Waals surface area contributed by atoms with Crippen LogP contribution in [0.25, 0.3) is 0 Å². The van der Waals surface area contributed by atoms with Gasteiger partial charge in [-0.2, -0.15) is 0 Å². The van der Waals surface area contributed by atoms with Gasteiger partial charge in [-0.15, -0.1) is 0 Å². The van der Waals surface area contributed by atoms with Gasteiger partial charge in [-0.05, 0) is 24.5 Å². The lowest BCUT2D eigenvalue weighted by Gasteiger charge is -2.28. The second-order valence-electron chi connectivity index (χ2n) is 4.75. The molecule has 1 aromatic rings. The molecule has 0 fully saturated rings. The molecule has 0 spiro atoms. The summed E-state index contributed by atoms with van der Waals surface area (Å²) in [7, 11) is 0. The van der Waals surface area contributed by atoms with Crippen molar-refractivity contribution >= 4 is 12.0 Å². The number of carbonyl (C=O) groups excluding carboxylic acids is 1. The summed E-state index contributed by atoms with van der Waals surface area (Å²) in [6.07, 6.45) is 2.71. The summed E-state index contributed by atoms with van der Waals surface area (Å²) in [4.78, 5) is 28.4. The minimum Gasteiger partial charge on any atom is -0.480 e. The van der Waals surface area contributed by atoms with Crippen LogP contribution in [0.15, 0.2) is 18.3 Å². The Hall–Kier alpha value is -2.15. The number of hydrogen-bond donors (Lipinski definition) is 3. The molecule has 1 aliphatic heterocycles. The van der Waals surface area contributed by atoms with Gasteiger partial charge in [0.1, 0.15) is 6.04 Å². The zero-order valence-corrected chi connectivity index (χ0v) is 11.1. The number of carboxylic acids is 1. The zero-order chi connectivity index (χ0) is 14.5. The molecular weight excluding hydrogens is 260 g/mol. The Labute approximate surface area is 116 Å². The Morgan fingerprint density at radius 1 is 1.55 bits per heavy atom. The van der Waals surface area contributed by atoms with Crippen LogP contribution in [0.3, 0.4) is 0 Å². The molecule has 7 heteroatoms. The summed E-state index contributed by atoms with van der Waals surface area (Å²) in [5.74, 6) is -1.06. The van der Waals surface area contributed by atoms with E-state index < -0.39 is 12.0 Å². The van der Waals surface area contributed by atoms with Crippen molar-refractivity contribution in [3.05, 3.63) is 29.6 Å². The van der Waals surface area contributed by atoms with Crippen molar-refractivity contribution in [3.63, 3.8) is 0 Å².